The van der Waals surface area contributed by atoms with Crippen LogP contribution in [0.5, 0.6) is 0 Å². The van der Waals surface area contributed by atoms with Gasteiger partial charge in [0, 0.05) is 44.5 Å². The van der Waals surface area contributed by atoms with Gasteiger partial charge in [-0.15, -0.1) is 0 Å². The summed E-state index contributed by atoms with van der Waals surface area (Å²) in [6, 6.07) is 7.65. The lowest BCUT2D eigenvalue weighted by Crippen LogP contribution is -2.18. The normalized spacial score (nSPS) is 11.0. The largest absolute Gasteiger partial charge is 0.355 e. The van der Waals surface area contributed by atoms with E-state index in [1.165, 1.54) is 5.56 Å². The van der Waals surface area contributed by atoms with Crippen molar-refractivity contribution in [2.24, 2.45) is 7.05 Å². The van der Waals surface area contributed by atoms with Crippen molar-refractivity contribution in [3.05, 3.63) is 52.8 Å². The smallest absolute Gasteiger partial charge is 0.251 e. The Balaban J connectivity index is 1.92. The fourth-order valence-electron chi connectivity index (χ4n) is 2.44. The molecule has 0 aliphatic rings. The molecule has 118 valence electrons. The molecule has 5 nitrogen and oxygen atoms in total. The van der Waals surface area contributed by atoms with Crippen LogP contribution in [0.2, 0.25) is 0 Å². The van der Waals surface area contributed by atoms with Gasteiger partial charge in [-0.3, -0.25) is 9.48 Å². The highest BCUT2D eigenvalue weighted by molar-refractivity contribution is 5.93. The molecular formula is C17H24N4O. The summed E-state index contributed by atoms with van der Waals surface area (Å²) in [6.07, 6.45) is 2.07. The number of nitrogens with zero attached hydrogens (tertiary/aromatic N) is 2. The molecule has 1 aromatic carbocycles. The Hall–Kier alpha value is -2.14. The van der Waals surface area contributed by atoms with E-state index in [4.69, 9.17) is 0 Å². The predicted octanol–water partition coefficient (Wildman–Crippen LogP) is 2.19. The van der Waals surface area contributed by atoms with E-state index in [-0.39, 0.29) is 5.91 Å². The molecule has 1 amide bonds. The second kappa shape index (κ2) is 7.22. The quantitative estimate of drug-likeness (QED) is 0.860. The summed E-state index contributed by atoms with van der Waals surface area (Å²) < 4.78 is 1.87. The lowest BCUT2D eigenvalue weighted by Gasteiger charge is -2.08. The SMILES string of the molecule is CNC(=O)c1ccc(CNCc2cn(C)nc2C(C)C)cc1. The Morgan fingerprint density at radius 1 is 1.23 bits per heavy atom. The summed E-state index contributed by atoms with van der Waals surface area (Å²) in [4.78, 5) is 11.5. The lowest BCUT2D eigenvalue weighted by molar-refractivity contribution is 0.0963. The third-order valence-corrected chi connectivity index (χ3v) is 3.57. The molecule has 1 aromatic heterocycles. The first-order valence-corrected chi connectivity index (χ1v) is 7.55. The van der Waals surface area contributed by atoms with Crippen molar-refractivity contribution in [1.82, 2.24) is 20.4 Å². The minimum absolute atomic E-state index is 0.0588. The highest BCUT2D eigenvalue weighted by Gasteiger charge is 2.10. The molecule has 0 unspecified atom stereocenters. The summed E-state index contributed by atoms with van der Waals surface area (Å²) in [5.74, 6) is 0.362. The number of aromatic nitrogens is 2. The molecule has 0 saturated carbocycles. The lowest BCUT2D eigenvalue weighted by atomic mass is 10.1. The number of aryl methyl sites for hydroxylation is 1. The van der Waals surface area contributed by atoms with E-state index < -0.39 is 0 Å². The van der Waals surface area contributed by atoms with Crippen LogP contribution < -0.4 is 10.6 Å². The molecule has 5 heteroatoms. The van der Waals surface area contributed by atoms with Crippen LogP contribution in [0.1, 0.15) is 46.9 Å². The molecule has 0 bridgehead atoms. The molecule has 2 N–H and O–H groups in total. The molecule has 0 spiro atoms. The average Bonchev–Trinajstić information content (AvgIpc) is 2.88. The van der Waals surface area contributed by atoms with Crippen molar-refractivity contribution in [1.29, 1.82) is 0 Å². The highest BCUT2D eigenvalue weighted by atomic mass is 16.1. The van der Waals surface area contributed by atoms with Gasteiger partial charge in [0.05, 0.1) is 5.69 Å². The van der Waals surface area contributed by atoms with Crippen LogP contribution in [0.25, 0.3) is 0 Å². The van der Waals surface area contributed by atoms with E-state index in [0.717, 1.165) is 24.3 Å². The standard InChI is InChI=1S/C17H24N4O/c1-12(2)16-15(11-21(4)20-16)10-19-9-13-5-7-14(8-6-13)17(22)18-3/h5-8,11-12,19H,9-10H2,1-4H3,(H,18,22). The van der Waals surface area contributed by atoms with E-state index in [0.29, 0.717) is 11.5 Å². The number of hydrogen-bond donors (Lipinski definition) is 2. The van der Waals surface area contributed by atoms with E-state index in [2.05, 4.69) is 35.8 Å². The molecule has 0 aliphatic heterocycles. The summed E-state index contributed by atoms with van der Waals surface area (Å²) >= 11 is 0. The van der Waals surface area contributed by atoms with E-state index in [9.17, 15) is 4.79 Å². The van der Waals surface area contributed by atoms with Crippen LogP contribution in [-0.4, -0.2) is 22.7 Å². The molecule has 0 atom stereocenters. The zero-order valence-electron chi connectivity index (χ0n) is 13.7. The van der Waals surface area contributed by atoms with Crippen LogP contribution in [0.4, 0.5) is 0 Å². The van der Waals surface area contributed by atoms with Gasteiger partial charge < -0.3 is 10.6 Å². The van der Waals surface area contributed by atoms with Gasteiger partial charge >= 0.3 is 0 Å². The molecule has 0 aliphatic carbocycles. The predicted molar refractivity (Wildman–Crippen MR) is 87.7 cm³/mol. The molecule has 0 fully saturated rings. The third-order valence-electron chi connectivity index (χ3n) is 3.57. The first kappa shape index (κ1) is 16.2. The van der Waals surface area contributed by atoms with Gasteiger partial charge in [0.25, 0.3) is 5.91 Å². The Kier molecular flexibility index (Phi) is 5.33. The van der Waals surface area contributed by atoms with E-state index >= 15 is 0 Å². The molecule has 2 rings (SSSR count). The molecular weight excluding hydrogens is 276 g/mol. The number of benzene rings is 1. The molecule has 0 radical (unpaired) electrons. The van der Waals surface area contributed by atoms with Crippen molar-refractivity contribution < 1.29 is 4.79 Å². The second-order valence-corrected chi connectivity index (χ2v) is 5.75. The van der Waals surface area contributed by atoms with E-state index in [1.807, 2.05) is 36.0 Å². The van der Waals surface area contributed by atoms with E-state index in [1.54, 1.807) is 7.05 Å². The Bertz CT molecular complexity index is 629. The molecule has 1 heterocycles. The number of amides is 1. The number of carbonyl (C=O) groups is 1. The van der Waals surface area contributed by atoms with Gasteiger partial charge in [-0.2, -0.15) is 5.10 Å². The van der Waals surface area contributed by atoms with Crippen molar-refractivity contribution >= 4 is 5.91 Å². The molecule has 0 saturated heterocycles. The van der Waals surface area contributed by atoms with Crippen molar-refractivity contribution in [2.45, 2.75) is 32.9 Å². The van der Waals surface area contributed by atoms with Gasteiger partial charge in [0.1, 0.15) is 0 Å². The van der Waals surface area contributed by atoms with Crippen molar-refractivity contribution in [2.75, 3.05) is 7.05 Å². The van der Waals surface area contributed by atoms with Crippen LogP contribution in [0.15, 0.2) is 30.5 Å². The monoisotopic (exact) mass is 300 g/mol. The number of nitrogens with one attached hydrogen (secondary N) is 2. The Morgan fingerprint density at radius 2 is 1.91 bits per heavy atom. The fourth-order valence-corrected chi connectivity index (χ4v) is 2.44. The summed E-state index contributed by atoms with van der Waals surface area (Å²) in [5, 5.41) is 10.6. The second-order valence-electron chi connectivity index (χ2n) is 5.75. The van der Waals surface area contributed by atoms with Gasteiger partial charge in [0.2, 0.25) is 0 Å². The first-order chi connectivity index (χ1) is 10.5. The van der Waals surface area contributed by atoms with Gasteiger partial charge in [-0.05, 0) is 23.6 Å². The zero-order valence-corrected chi connectivity index (χ0v) is 13.7. The maximum atomic E-state index is 11.5. The summed E-state index contributed by atoms with van der Waals surface area (Å²) in [5.41, 5.74) is 4.22. The third kappa shape index (κ3) is 3.95. The Labute approximate surface area is 131 Å². The maximum Gasteiger partial charge on any atom is 0.251 e. The minimum Gasteiger partial charge on any atom is -0.355 e. The topological polar surface area (TPSA) is 59.0 Å². The van der Waals surface area contributed by atoms with Crippen LogP contribution in [0.3, 0.4) is 0 Å². The number of rotatable bonds is 6. The number of carbonyl (C=O) groups excluding carboxylic acids is 1. The van der Waals surface area contributed by atoms with Gasteiger partial charge in [-0.1, -0.05) is 26.0 Å². The van der Waals surface area contributed by atoms with Gasteiger partial charge in [-0.25, -0.2) is 0 Å². The zero-order chi connectivity index (χ0) is 16.1. The highest BCUT2D eigenvalue weighted by Crippen LogP contribution is 2.17. The van der Waals surface area contributed by atoms with Crippen molar-refractivity contribution in [3.63, 3.8) is 0 Å². The van der Waals surface area contributed by atoms with Crippen molar-refractivity contribution in [3.8, 4) is 0 Å². The maximum absolute atomic E-state index is 11.5. The summed E-state index contributed by atoms with van der Waals surface area (Å²) in [6.45, 7) is 5.87. The molecule has 22 heavy (non-hydrogen) atoms. The first-order valence-electron chi connectivity index (χ1n) is 7.55. The summed E-state index contributed by atoms with van der Waals surface area (Å²) in [7, 11) is 3.59. The fraction of sp³-hybridized carbons (Fsp3) is 0.412. The van der Waals surface area contributed by atoms with Gasteiger partial charge in [0.15, 0.2) is 0 Å². The number of hydrogen-bond acceptors (Lipinski definition) is 3. The minimum atomic E-state index is -0.0588. The van der Waals surface area contributed by atoms with Crippen LogP contribution >= 0.6 is 0 Å². The van der Waals surface area contributed by atoms with Crippen LogP contribution in [-0.2, 0) is 20.1 Å². The van der Waals surface area contributed by atoms with Crippen LogP contribution in [0, 0.1) is 0 Å². The molecule has 2 aromatic rings. The Morgan fingerprint density at radius 3 is 2.50 bits per heavy atom. The average molecular weight is 300 g/mol.